The summed E-state index contributed by atoms with van der Waals surface area (Å²) in [5.41, 5.74) is 4.35. The summed E-state index contributed by atoms with van der Waals surface area (Å²) in [5, 5.41) is 6.54. The van der Waals surface area contributed by atoms with Gasteiger partial charge in [-0.25, -0.2) is 0 Å². The van der Waals surface area contributed by atoms with E-state index in [4.69, 9.17) is 0 Å². The molecule has 0 saturated heterocycles. The fourth-order valence-corrected chi connectivity index (χ4v) is 3.50. The number of benzene rings is 2. The Morgan fingerprint density at radius 3 is 2.73 bits per heavy atom. The lowest BCUT2D eigenvalue weighted by molar-refractivity contribution is 0.0930. The molecule has 3 rings (SSSR count). The zero-order chi connectivity index (χ0) is 17.6. The van der Waals surface area contributed by atoms with Gasteiger partial charge in [-0.1, -0.05) is 36.4 Å². The van der Waals surface area contributed by atoms with Gasteiger partial charge < -0.3 is 15.5 Å². The molecule has 2 aromatic rings. The third kappa shape index (κ3) is 5.23. The summed E-state index contributed by atoms with van der Waals surface area (Å²) in [7, 11) is 2.09. The highest BCUT2D eigenvalue weighted by Gasteiger charge is 2.19. The Hall–Kier alpha value is -2.04. The van der Waals surface area contributed by atoms with Crippen molar-refractivity contribution >= 4 is 24.0 Å². The lowest BCUT2D eigenvalue weighted by Crippen LogP contribution is -2.41. The number of hydrogen-bond acceptors (Lipinski definition) is 3. The van der Waals surface area contributed by atoms with Crippen LogP contribution in [0.1, 0.15) is 34.8 Å². The van der Waals surface area contributed by atoms with E-state index in [1.54, 1.807) is 0 Å². The molecule has 2 aromatic carbocycles. The van der Waals surface area contributed by atoms with Gasteiger partial charge in [0, 0.05) is 36.9 Å². The molecular formula is C21H28ClN3O. The summed E-state index contributed by atoms with van der Waals surface area (Å²) in [6.07, 6.45) is 2.04. The van der Waals surface area contributed by atoms with Crippen molar-refractivity contribution in [1.82, 2.24) is 10.2 Å². The molecule has 0 aliphatic carbocycles. The molecule has 5 heteroatoms. The quantitative estimate of drug-likeness (QED) is 0.811. The molecule has 0 spiro atoms. The standard InChI is InChI=1S/C21H27N3O.ClH/c1-16(14-24(2)15-17-8-4-3-5-9-17)23-21(25)19-10-6-12-20-18(19)11-7-13-22-20;/h3-6,8-10,12,16,22H,7,11,13-15H2,1-2H3,(H,23,25);1H. The Balaban J connectivity index is 0.00000243. The van der Waals surface area contributed by atoms with Crippen molar-refractivity contribution in [3.05, 3.63) is 65.2 Å². The van der Waals surface area contributed by atoms with E-state index in [9.17, 15) is 4.79 Å². The number of likely N-dealkylation sites (N-methyl/N-ethyl adjacent to an activating group) is 1. The van der Waals surface area contributed by atoms with Gasteiger partial charge in [-0.2, -0.15) is 0 Å². The lowest BCUT2D eigenvalue weighted by atomic mass is 9.97. The number of anilines is 1. The van der Waals surface area contributed by atoms with Crippen LogP contribution in [0.15, 0.2) is 48.5 Å². The normalized spacial score (nSPS) is 14.0. The van der Waals surface area contributed by atoms with Gasteiger partial charge in [0.05, 0.1) is 0 Å². The molecule has 1 aliphatic heterocycles. The summed E-state index contributed by atoms with van der Waals surface area (Å²) < 4.78 is 0. The summed E-state index contributed by atoms with van der Waals surface area (Å²) >= 11 is 0. The first-order valence-electron chi connectivity index (χ1n) is 9.02. The van der Waals surface area contributed by atoms with Crippen LogP contribution in [0.2, 0.25) is 0 Å². The van der Waals surface area contributed by atoms with Crippen molar-refractivity contribution in [3.8, 4) is 0 Å². The smallest absolute Gasteiger partial charge is 0.251 e. The molecule has 0 bridgehead atoms. The SMILES string of the molecule is CC(CN(C)Cc1ccccc1)NC(=O)c1cccc2c1CCCN2.Cl. The van der Waals surface area contributed by atoms with Crippen LogP contribution in [0, 0.1) is 0 Å². The molecule has 2 N–H and O–H groups in total. The highest BCUT2D eigenvalue weighted by molar-refractivity contribution is 5.97. The average molecular weight is 374 g/mol. The van der Waals surface area contributed by atoms with Crippen molar-refractivity contribution in [3.63, 3.8) is 0 Å². The molecule has 0 aromatic heterocycles. The number of amides is 1. The van der Waals surface area contributed by atoms with Gasteiger partial charge in [0.15, 0.2) is 0 Å². The highest BCUT2D eigenvalue weighted by atomic mass is 35.5. The number of nitrogens with one attached hydrogen (secondary N) is 2. The average Bonchev–Trinajstić information content (AvgIpc) is 2.61. The number of nitrogens with zero attached hydrogens (tertiary/aromatic N) is 1. The second-order valence-electron chi connectivity index (χ2n) is 6.92. The molecule has 1 amide bonds. The third-order valence-corrected chi connectivity index (χ3v) is 4.60. The van der Waals surface area contributed by atoms with Crippen molar-refractivity contribution in [1.29, 1.82) is 0 Å². The first-order chi connectivity index (χ1) is 12.1. The first-order valence-corrected chi connectivity index (χ1v) is 9.02. The fourth-order valence-electron chi connectivity index (χ4n) is 3.50. The van der Waals surface area contributed by atoms with Crippen LogP contribution in [-0.4, -0.2) is 37.0 Å². The molecular weight excluding hydrogens is 346 g/mol. The van der Waals surface area contributed by atoms with Crippen molar-refractivity contribution < 1.29 is 4.79 Å². The monoisotopic (exact) mass is 373 g/mol. The zero-order valence-corrected chi connectivity index (χ0v) is 16.3. The molecule has 1 aliphatic rings. The van der Waals surface area contributed by atoms with Crippen molar-refractivity contribution in [2.45, 2.75) is 32.4 Å². The van der Waals surface area contributed by atoms with Crippen molar-refractivity contribution in [2.75, 3.05) is 25.5 Å². The predicted octanol–water partition coefficient (Wildman–Crippen LogP) is 3.72. The van der Waals surface area contributed by atoms with Crippen LogP contribution in [0.25, 0.3) is 0 Å². The van der Waals surface area contributed by atoms with E-state index >= 15 is 0 Å². The minimum atomic E-state index is 0. The second kappa shape index (κ2) is 9.60. The van der Waals surface area contributed by atoms with Gasteiger partial charge >= 0.3 is 0 Å². The van der Waals surface area contributed by atoms with Gasteiger partial charge in [-0.05, 0) is 50.1 Å². The van der Waals surface area contributed by atoms with Gasteiger partial charge in [0.25, 0.3) is 5.91 Å². The number of rotatable bonds is 6. The molecule has 140 valence electrons. The number of carbonyl (C=O) groups is 1. The van der Waals surface area contributed by atoms with Crippen LogP contribution >= 0.6 is 12.4 Å². The summed E-state index contributed by atoms with van der Waals surface area (Å²) in [5.74, 6) is 0.0289. The molecule has 1 unspecified atom stereocenters. The zero-order valence-electron chi connectivity index (χ0n) is 15.5. The highest BCUT2D eigenvalue weighted by Crippen LogP contribution is 2.25. The number of halogens is 1. The largest absolute Gasteiger partial charge is 0.385 e. The van der Waals surface area contributed by atoms with Gasteiger partial charge in [-0.3, -0.25) is 4.79 Å². The molecule has 0 radical (unpaired) electrons. The van der Waals surface area contributed by atoms with E-state index in [1.807, 2.05) is 18.2 Å². The maximum absolute atomic E-state index is 12.7. The Labute approximate surface area is 162 Å². The van der Waals surface area contributed by atoms with E-state index in [0.29, 0.717) is 0 Å². The van der Waals surface area contributed by atoms with Crippen LogP contribution in [-0.2, 0) is 13.0 Å². The number of carbonyl (C=O) groups excluding carboxylic acids is 1. The number of hydrogen-bond donors (Lipinski definition) is 2. The summed E-state index contributed by atoms with van der Waals surface area (Å²) in [6.45, 7) is 4.74. The minimum Gasteiger partial charge on any atom is -0.385 e. The lowest BCUT2D eigenvalue weighted by Gasteiger charge is -2.24. The van der Waals surface area contributed by atoms with E-state index in [2.05, 4.69) is 59.8 Å². The number of fused-ring (bicyclic) bond motifs is 1. The maximum atomic E-state index is 12.7. The molecule has 1 atom stereocenters. The van der Waals surface area contributed by atoms with E-state index in [0.717, 1.165) is 49.3 Å². The van der Waals surface area contributed by atoms with Crippen LogP contribution < -0.4 is 10.6 Å². The van der Waals surface area contributed by atoms with Gasteiger partial charge in [0.1, 0.15) is 0 Å². The minimum absolute atomic E-state index is 0. The maximum Gasteiger partial charge on any atom is 0.251 e. The Bertz CT molecular complexity index is 720. The van der Waals surface area contributed by atoms with E-state index < -0.39 is 0 Å². The van der Waals surface area contributed by atoms with Gasteiger partial charge in [0.2, 0.25) is 0 Å². The fraction of sp³-hybridized carbons (Fsp3) is 0.381. The second-order valence-corrected chi connectivity index (χ2v) is 6.92. The summed E-state index contributed by atoms with van der Waals surface area (Å²) in [6, 6.07) is 16.4. The van der Waals surface area contributed by atoms with E-state index in [-0.39, 0.29) is 24.4 Å². The van der Waals surface area contributed by atoms with Crippen LogP contribution in [0.3, 0.4) is 0 Å². The molecule has 4 nitrogen and oxygen atoms in total. The molecule has 26 heavy (non-hydrogen) atoms. The molecule has 0 fully saturated rings. The van der Waals surface area contributed by atoms with E-state index in [1.165, 1.54) is 5.56 Å². The van der Waals surface area contributed by atoms with Crippen molar-refractivity contribution in [2.24, 2.45) is 0 Å². The Kier molecular flexibility index (Phi) is 7.49. The first kappa shape index (κ1) is 20.3. The topological polar surface area (TPSA) is 44.4 Å². The molecule has 1 heterocycles. The van der Waals surface area contributed by atoms with Crippen LogP contribution in [0.5, 0.6) is 0 Å². The summed E-state index contributed by atoms with van der Waals surface area (Å²) in [4.78, 5) is 14.9. The van der Waals surface area contributed by atoms with Gasteiger partial charge in [-0.15, -0.1) is 12.4 Å². The van der Waals surface area contributed by atoms with Crippen LogP contribution in [0.4, 0.5) is 5.69 Å². The Morgan fingerprint density at radius 2 is 1.96 bits per heavy atom. The third-order valence-electron chi connectivity index (χ3n) is 4.60. The molecule has 0 saturated carbocycles. The predicted molar refractivity (Wildman–Crippen MR) is 110 cm³/mol. The Morgan fingerprint density at radius 1 is 1.19 bits per heavy atom.